The van der Waals surface area contributed by atoms with E-state index in [4.69, 9.17) is 21.2 Å². The van der Waals surface area contributed by atoms with Gasteiger partial charge in [-0.2, -0.15) is 0 Å². The van der Waals surface area contributed by atoms with E-state index < -0.39 is 29.9 Å². The summed E-state index contributed by atoms with van der Waals surface area (Å²) in [6, 6.07) is 20.6. The molecule has 2 fully saturated rings. The molecule has 35 heavy (non-hydrogen) atoms. The van der Waals surface area contributed by atoms with Crippen molar-refractivity contribution < 1.29 is 24.0 Å². The Morgan fingerprint density at radius 3 is 2.17 bits per heavy atom. The predicted octanol–water partition coefficient (Wildman–Crippen LogP) is 4.88. The number of halogens is 1. The normalized spacial score (nSPS) is 21.4. The molecule has 3 atom stereocenters. The fourth-order valence-corrected chi connectivity index (χ4v) is 4.67. The number of rotatable bonds is 5. The lowest BCUT2D eigenvalue weighted by Crippen LogP contribution is -2.37. The smallest absolute Gasteiger partial charge is 0.338 e. The van der Waals surface area contributed by atoms with Gasteiger partial charge in [-0.05, 0) is 67.9 Å². The molecule has 5 rings (SSSR count). The van der Waals surface area contributed by atoms with Crippen LogP contribution in [-0.2, 0) is 19.2 Å². The van der Waals surface area contributed by atoms with E-state index >= 15 is 0 Å². The van der Waals surface area contributed by atoms with E-state index in [2.05, 4.69) is 0 Å². The van der Waals surface area contributed by atoms with Crippen molar-refractivity contribution in [2.75, 3.05) is 16.6 Å². The van der Waals surface area contributed by atoms with Crippen LogP contribution in [0.4, 0.5) is 11.4 Å². The number of hydrogen-bond acceptors (Lipinski definition) is 6. The number of aryl methyl sites for hydroxylation is 1. The van der Waals surface area contributed by atoms with Gasteiger partial charge in [-0.1, -0.05) is 41.4 Å². The number of benzene rings is 3. The molecule has 178 valence electrons. The number of hydrogen-bond donors (Lipinski definition) is 0. The van der Waals surface area contributed by atoms with E-state index in [1.54, 1.807) is 60.5 Å². The highest BCUT2D eigenvalue weighted by atomic mass is 35.5. The Kier molecular flexibility index (Phi) is 6.05. The van der Waals surface area contributed by atoms with Gasteiger partial charge in [0.05, 0.1) is 29.6 Å². The van der Waals surface area contributed by atoms with Gasteiger partial charge < -0.3 is 4.74 Å². The molecule has 3 unspecified atom stereocenters. The second-order valence-electron chi connectivity index (χ2n) is 8.49. The maximum Gasteiger partial charge on any atom is 0.338 e. The molecule has 7 nitrogen and oxygen atoms in total. The largest absolute Gasteiger partial charge is 0.462 e. The molecule has 0 aliphatic carbocycles. The average Bonchev–Trinajstić information content (AvgIpc) is 3.36. The number of carbonyl (C=O) groups is 3. The lowest BCUT2D eigenvalue weighted by Gasteiger charge is -2.29. The summed E-state index contributed by atoms with van der Waals surface area (Å²) in [7, 11) is 0. The molecule has 3 aromatic rings. The van der Waals surface area contributed by atoms with Crippen LogP contribution in [0.25, 0.3) is 0 Å². The maximum absolute atomic E-state index is 13.7. The molecular weight excluding hydrogens is 468 g/mol. The first-order valence-electron chi connectivity index (χ1n) is 11.3. The molecule has 2 aliphatic rings. The van der Waals surface area contributed by atoms with E-state index in [0.717, 1.165) is 16.0 Å². The van der Waals surface area contributed by atoms with E-state index in [9.17, 15) is 14.4 Å². The summed E-state index contributed by atoms with van der Waals surface area (Å²) in [6.45, 7) is 3.97. The van der Waals surface area contributed by atoms with Gasteiger partial charge in [0, 0.05) is 5.02 Å². The molecule has 2 amide bonds. The molecule has 2 aliphatic heterocycles. The lowest BCUT2D eigenvalue weighted by molar-refractivity contribution is -0.126. The molecule has 0 N–H and O–H groups in total. The van der Waals surface area contributed by atoms with Crippen LogP contribution in [-0.4, -0.2) is 30.5 Å². The number of nitrogens with zero attached hydrogens (tertiary/aromatic N) is 2. The van der Waals surface area contributed by atoms with Crippen molar-refractivity contribution >= 4 is 40.8 Å². The van der Waals surface area contributed by atoms with Gasteiger partial charge in [-0.15, -0.1) is 0 Å². The molecule has 2 heterocycles. The van der Waals surface area contributed by atoms with E-state index in [0.29, 0.717) is 22.0 Å². The van der Waals surface area contributed by atoms with Crippen LogP contribution in [0.15, 0.2) is 72.8 Å². The van der Waals surface area contributed by atoms with Crippen molar-refractivity contribution in [3.8, 4) is 0 Å². The third-order valence-corrected chi connectivity index (χ3v) is 6.50. The zero-order valence-corrected chi connectivity index (χ0v) is 19.9. The summed E-state index contributed by atoms with van der Waals surface area (Å²) < 4.78 is 5.01. The predicted molar refractivity (Wildman–Crippen MR) is 131 cm³/mol. The zero-order valence-electron chi connectivity index (χ0n) is 19.2. The molecule has 0 radical (unpaired) electrons. The molecule has 0 saturated carbocycles. The van der Waals surface area contributed by atoms with Gasteiger partial charge in [0.2, 0.25) is 5.91 Å². The first-order valence-corrected chi connectivity index (χ1v) is 11.7. The monoisotopic (exact) mass is 490 g/mol. The third-order valence-electron chi connectivity index (χ3n) is 6.25. The fourth-order valence-electron chi connectivity index (χ4n) is 4.54. The van der Waals surface area contributed by atoms with E-state index in [-0.39, 0.29) is 12.5 Å². The van der Waals surface area contributed by atoms with Gasteiger partial charge in [0.1, 0.15) is 5.92 Å². The fraction of sp³-hybridized carbons (Fsp3) is 0.222. The summed E-state index contributed by atoms with van der Waals surface area (Å²) in [5, 5.41) is 2.21. The second kappa shape index (κ2) is 9.17. The van der Waals surface area contributed by atoms with Crippen LogP contribution in [0.3, 0.4) is 0 Å². The number of anilines is 2. The van der Waals surface area contributed by atoms with Crippen molar-refractivity contribution in [3.63, 3.8) is 0 Å². The molecule has 2 saturated heterocycles. The summed E-state index contributed by atoms with van der Waals surface area (Å²) in [5.41, 5.74) is 3.36. The molecule has 0 aromatic heterocycles. The number of imide groups is 1. The van der Waals surface area contributed by atoms with Gasteiger partial charge in [-0.25, -0.2) is 14.8 Å². The minimum Gasteiger partial charge on any atom is -0.462 e. The SMILES string of the molecule is CCOC(=O)c1ccc(N2C(=O)C3ON(c4ccc(Cl)cc4)C(c4ccc(C)cc4)C3C2=O)cc1. The zero-order chi connectivity index (χ0) is 24.7. The first kappa shape index (κ1) is 23.1. The Hall–Kier alpha value is -3.68. The van der Waals surface area contributed by atoms with Crippen LogP contribution in [0, 0.1) is 12.8 Å². The van der Waals surface area contributed by atoms with Crippen molar-refractivity contribution in [2.24, 2.45) is 5.92 Å². The van der Waals surface area contributed by atoms with E-state index in [1.807, 2.05) is 31.2 Å². The number of fused-ring (bicyclic) bond motifs is 1. The third kappa shape index (κ3) is 4.07. The van der Waals surface area contributed by atoms with Crippen molar-refractivity contribution in [2.45, 2.75) is 26.0 Å². The van der Waals surface area contributed by atoms with Crippen molar-refractivity contribution in [3.05, 3.63) is 94.5 Å². The quantitative estimate of drug-likeness (QED) is 0.375. The Bertz CT molecular complexity index is 1270. The highest BCUT2D eigenvalue weighted by molar-refractivity contribution is 6.30. The van der Waals surface area contributed by atoms with Gasteiger partial charge >= 0.3 is 5.97 Å². The van der Waals surface area contributed by atoms with Gasteiger partial charge in [-0.3, -0.25) is 14.4 Å². The minimum absolute atomic E-state index is 0.259. The van der Waals surface area contributed by atoms with Crippen LogP contribution in [0.2, 0.25) is 5.02 Å². The summed E-state index contributed by atoms with van der Waals surface area (Å²) in [4.78, 5) is 46.4. The van der Waals surface area contributed by atoms with Gasteiger partial charge in [0.25, 0.3) is 5.91 Å². The van der Waals surface area contributed by atoms with Crippen LogP contribution < -0.4 is 9.96 Å². The summed E-state index contributed by atoms with van der Waals surface area (Å²) in [6.07, 6.45) is -0.978. The Morgan fingerprint density at radius 1 is 0.914 bits per heavy atom. The molecular formula is C27H23ClN2O5. The molecule has 3 aromatic carbocycles. The van der Waals surface area contributed by atoms with Crippen molar-refractivity contribution in [1.29, 1.82) is 0 Å². The lowest BCUT2D eigenvalue weighted by atomic mass is 9.90. The van der Waals surface area contributed by atoms with E-state index in [1.165, 1.54) is 0 Å². The average molecular weight is 491 g/mol. The number of carbonyl (C=O) groups excluding carboxylic acids is 3. The number of esters is 1. The summed E-state index contributed by atoms with van der Waals surface area (Å²) >= 11 is 6.06. The summed E-state index contributed by atoms with van der Waals surface area (Å²) in [5.74, 6) is -2.01. The topological polar surface area (TPSA) is 76.2 Å². The Labute approximate surface area is 207 Å². The minimum atomic E-state index is -0.978. The van der Waals surface area contributed by atoms with Crippen LogP contribution in [0.5, 0.6) is 0 Å². The van der Waals surface area contributed by atoms with Crippen LogP contribution in [0.1, 0.15) is 34.5 Å². The molecule has 8 heteroatoms. The Balaban J connectivity index is 1.50. The molecule has 0 spiro atoms. The standard InChI is InChI=1S/C27H23ClN2O5/c1-3-34-27(33)18-8-12-20(13-9-18)29-25(31)22-23(17-6-4-16(2)5-7-17)30(35-24(22)26(29)32)21-14-10-19(28)11-15-21/h4-15,22-24H,3H2,1-2H3. The van der Waals surface area contributed by atoms with Gasteiger partial charge in [0.15, 0.2) is 6.10 Å². The number of ether oxygens (including phenoxy) is 1. The second-order valence-corrected chi connectivity index (χ2v) is 8.93. The molecule has 0 bridgehead atoms. The number of amides is 2. The highest BCUT2D eigenvalue weighted by Crippen LogP contribution is 2.47. The number of hydroxylamine groups is 1. The maximum atomic E-state index is 13.7. The van der Waals surface area contributed by atoms with Crippen molar-refractivity contribution in [1.82, 2.24) is 0 Å². The van der Waals surface area contributed by atoms with Crippen LogP contribution >= 0.6 is 11.6 Å². The first-order chi connectivity index (χ1) is 16.9. The highest BCUT2D eigenvalue weighted by Gasteiger charge is 2.60. The Morgan fingerprint density at radius 2 is 1.54 bits per heavy atom.